The summed E-state index contributed by atoms with van der Waals surface area (Å²) in [6.45, 7) is 0.150. The molecule has 0 saturated heterocycles. The molecule has 0 atom stereocenters. The van der Waals surface area contributed by atoms with Crippen molar-refractivity contribution in [2.75, 3.05) is 0 Å². The largest absolute Gasteiger partial charge is 0.475 e. The summed E-state index contributed by atoms with van der Waals surface area (Å²) in [5.41, 5.74) is 0.528. The molecule has 0 aliphatic rings. The lowest BCUT2D eigenvalue weighted by atomic mass is 10.3. The Kier molecular flexibility index (Phi) is 3.18. The Labute approximate surface area is 103 Å². The molecule has 0 radical (unpaired) electrons. The molecule has 6 nitrogen and oxygen atoms in total. The zero-order chi connectivity index (χ0) is 13.1. The average Bonchev–Trinajstić information content (AvgIpc) is 2.94. The number of aromatic carboxylic acids is 1. The molecule has 0 saturated carbocycles. The normalized spacial score (nSPS) is 10.3. The van der Waals surface area contributed by atoms with E-state index in [1.54, 1.807) is 29.9 Å². The van der Waals surface area contributed by atoms with Gasteiger partial charge in [-0.15, -0.1) is 0 Å². The second-order valence-electron chi connectivity index (χ2n) is 3.76. The maximum absolute atomic E-state index is 11.8. The van der Waals surface area contributed by atoms with E-state index in [-0.39, 0.29) is 18.2 Å². The van der Waals surface area contributed by atoms with Crippen LogP contribution >= 0.6 is 0 Å². The molecule has 0 unspecified atom stereocenters. The number of aryl methyl sites for hydroxylation is 1. The summed E-state index contributed by atoms with van der Waals surface area (Å²) in [5.74, 6) is -1.11. The van der Waals surface area contributed by atoms with Gasteiger partial charge in [-0.2, -0.15) is 0 Å². The van der Waals surface area contributed by atoms with Gasteiger partial charge in [0.05, 0.1) is 6.54 Å². The molecular formula is C12H12N2O4. The second-order valence-corrected chi connectivity index (χ2v) is 3.76. The van der Waals surface area contributed by atoms with Gasteiger partial charge in [0.1, 0.15) is 11.5 Å². The van der Waals surface area contributed by atoms with Crippen LogP contribution in [-0.4, -0.2) is 21.6 Å². The van der Waals surface area contributed by atoms with Gasteiger partial charge in [-0.1, -0.05) is 0 Å². The molecule has 18 heavy (non-hydrogen) atoms. The van der Waals surface area contributed by atoms with Gasteiger partial charge in [-0.05, 0) is 24.3 Å². The van der Waals surface area contributed by atoms with E-state index < -0.39 is 5.97 Å². The number of hydrogen-bond donors (Lipinski definition) is 2. The number of carbonyl (C=O) groups excluding carboxylic acids is 1. The topological polar surface area (TPSA) is 84.5 Å². The summed E-state index contributed by atoms with van der Waals surface area (Å²) in [6.07, 6.45) is 1.77. The third kappa shape index (κ3) is 2.42. The number of furan rings is 1. The Morgan fingerprint density at radius 2 is 2.17 bits per heavy atom. The van der Waals surface area contributed by atoms with Gasteiger partial charge in [-0.3, -0.25) is 4.79 Å². The van der Waals surface area contributed by atoms with Gasteiger partial charge in [0.15, 0.2) is 0 Å². The minimum Gasteiger partial charge on any atom is -0.475 e. The zero-order valence-electron chi connectivity index (χ0n) is 9.71. The third-order valence-corrected chi connectivity index (χ3v) is 2.47. The highest BCUT2D eigenvalue weighted by Crippen LogP contribution is 2.08. The van der Waals surface area contributed by atoms with Crippen molar-refractivity contribution >= 4 is 11.9 Å². The van der Waals surface area contributed by atoms with E-state index in [0.717, 1.165) is 0 Å². The molecule has 0 aliphatic heterocycles. The van der Waals surface area contributed by atoms with Crippen LogP contribution in [-0.2, 0) is 13.6 Å². The van der Waals surface area contributed by atoms with Crippen molar-refractivity contribution in [1.29, 1.82) is 0 Å². The third-order valence-electron chi connectivity index (χ3n) is 2.47. The van der Waals surface area contributed by atoms with E-state index in [2.05, 4.69) is 5.32 Å². The Morgan fingerprint density at radius 1 is 1.39 bits per heavy atom. The lowest BCUT2D eigenvalue weighted by Crippen LogP contribution is -2.24. The van der Waals surface area contributed by atoms with Crippen molar-refractivity contribution in [3.63, 3.8) is 0 Å². The summed E-state index contributed by atoms with van der Waals surface area (Å²) in [6, 6.07) is 6.34. The maximum Gasteiger partial charge on any atom is 0.371 e. The van der Waals surface area contributed by atoms with E-state index in [9.17, 15) is 9.59 Å². The predicted octanol–water partition coefficient (Wildman–Crippen LogP) is 1.25. The molecule has 1 amide bonds. The van der Waals surface area contributed by atoms with Crippen LogP contribution in [0.4, 0.5) is 0 Å². The van der Waals surface area contributed by atoms with E-state index in [0.29, 0.717) is 11.5 Å². The van der Waals surface area contributed by atoms with Crippen LogP contribution in [0.2, 0.25) is 0 Å². The van der Waals surface area contributed by atoms with Gasteiger partial charge in [0, 0.05) is 13.2 Å². The molecule has 6 heteroatoms. The first kappa shape index (κ1) is 12.0. The fourth-order valence-electron chi connectivity index (χ4n) is 1.54. The Morgan fingerprint density at radius 3 is 2.72 bits per heavy atom. The maximum atomic E-state index is 11.8. The van der Waals surface area contributed by atoms with Crippen LogP contribution in [0, 0.1) is 0 Å². The van der Waals surface area contributed by atoms with Crippen LogP contribution in [0.1, 0.15) is 26.8 Å². The molecule has 94 valence electrons. The number of hydrogen-bond acceptors (Lipinski definition) is 3. The van der Waals surface area contributed by atoms with E-state index in [4.69, 9.17) is 9.52 Å². The zero-order valence-corrected chi connectivity index (χ0v) is 9.71. The number of carbonyl (C=O) groups is 2. The minimum absolute atomic E-state index is 0.141. The number of carboxylic acid groups (broad SMARTS) is 1. The number of nitrogens with one attached hydrogen (secondary N) is 1. The molecule has 2 heterocycles. The van der Waals surface area contributed by atoms with Crippen LogP contribution in [0.3, 0.4) is 0 Å². The molecule has 2 N–H and O–H groups in total. The van der Waals surface area contributed by atoms with Crippen molar-refractivity contribution in [3.05, 3.63) is 47.7 Å². The fourth-order valence-corrected chi connectivity index (χ4v) is 1.54. The predicted molar refractivity (Wildman–Crippen MR) is 62.3 cm³/mol. The van der Waals surface area contributed by atoms with Crippen molar-refractivity contribution < 1.29 is 19.1 Å². The molecular weight excluding hydrogens is 236 g/mol. The first-order valence-corrected chi connectivity index (χ1v) is 5.29. The highest BCUT2D eigenvalue weighted by Gasteiger charge is 2.11. The van der Waals surface area contributed by atoms with E-state index in [1.807, 2.05) is 0 Å². The average molecular weight is 248 g/mol. The SMILES string of the molecule is Cn1cccc1C(=O)NCc1ccc(C(=O)O)o1. The lowest BCUT2D eigenvalue weighted by molar-refractivity contribution is 0.0660. The van der Waals surface area contributed by atoms with Crippen LogP contribution in [0.5, 0.6) is 0 Å². The van der Waals surface area contributed by atoms with Crippen molar-refractivity contribution in [3.8, 4) is 0 Å². The Hall–Kier alpha value is -2.50. The van der Waals surface area contributed by atoms with E-state index >= 15 is 0 Å². The molecule has 0 fully saturated rings. The smallest absolute Gasteiger partial charge is 0.371 e. The van der Waals surface area contributed by atoms with Gasteiger partial charge in [0.25, 0.3) is 5.91 Å². The Bertz CT molecular complexity index is 582. The standard InChI is InChI=1S/C12H12N2O4/c1-14-6-2-3-9(14)11(15)13-7-8-4-5-10(18-8)12(16)17/h2-6H,7H2,1H3,(H,13,15)(H,16,17). The van der Waals surface area contributed by atoms with E-state index in [1.165, 1.54) is 12.1 Å². The van der Waals surface area contributed by atoms with Gasteiger partial charge >= 0.3 is 5.97 Å². The molecule has 0 aliphatic carbocycles. The monoisotopic (exact) mass is 248 g/mol. The van der Waals surface area contributed by atoms with Crippen LogP contribution in [0.25, 0.3) is 0 Å². The molecule has 0 bridgehead atoms. The number of carboxylic acids is 1. The molecule has 2 aromatic rings. The quantitative estimate of drug-likeness (QED) is 0.852. The summed E-state index contributed by atoms with van der Waals surface area (Å²) < 4.78 is 6.72. The summed E-state index contributed by atoms with van der Waals surface area (Å²) >= 11 is 0. The molecule has 2 aromatic heterocycles. The lowest BCUT2D eigenvalue weighted by Gasteiger charge is -2.04. The van der Waals surface area contributed by atoms with Crippen LogP contribution < -0.4 is 5.32 Å². The minimum atomic E-state index is -1.13. The molecule has 0 aromatic carbocycles. The Balaban J connectivity index is 1.97. The van der Waals surface area contributed by atoms with Crippen molar-refractivity contribution in [2.45, 2.75) is 6.54 Å². The summed E-state index contributed by atoms with van der Waals surface area (Å²) in [4.78, 5) is 22.4. The van der Waals surface area contributed by atoms with Crippen molar-refractivity contribution in [2.24, 2.45) is 7.05 Å². The number of nitrogens with zero attached hydrogens (tertiary/aromatic N) is 1. The number of rotatable bonds is 4. The van der Waals surface area contributed by atoms with Gasteiger partial charge in [-0.25, -0.2) is 4.79 Å². The van der Waals surface area contributed by atoms with Gasteiger partial charge < -0.3 is 19.4 Å². The van der Waals surface area contributed by atoms with Crippen LogP contribution in [0.15, 0.2) is 34.9 Å². The first-order valence-electron chi connectivity index (χ1n) is 5.29. The fraction of sp³-hybridized carbons (Fsp3) is 0.167. The molecule has 0 spiro atoms. The first-order chi connectivity index (χ1) is 8.58. The highest BCUT2D eigenvalue weighted by atomic mass is 16.4. The summed E-state index contributed by atoms with van der Waals surface area (Å²) in [5, 5.41) is 11.3. The van der Waals surface area contributed by atoms with Crippen molar-refractivity contribution in [1.82, 2.24) is 9.88 Å². The highest BCUT2D eigenvalue weighted by molar-refractivity contribution is 5.92. The summed E-state index contributed by atoms with van der Waals surface area (Å²) in [7, 11) is 1.77. The number of aromatic nitrogens is 1. The molecule has 2 rings (SSSR count). The van der Waals surface area contributed by atoms with Gasteiger partial charge in [0.2, 0.25) is 5.76 Å². The number of amides is 1. The second kappa shape index (κ2) is 4.79.